The van der Waals surface area contributed by atoms with Gasteiger partial charge in [0.2, 0.25) is 5.88 Å². The number of hydrogen-bond donors (Lipinski definition) is 3. The molecule has 0 aliphatic rings. The first-order chi connectivity index (χ1) is 9.97. The average Bonchev–Trinajstić information content (AvgIpc) is 2.44. The van der Waals surface area contributed by atoms with Crippen molar-refractivity contribution < 1.29 is 15.0 Å². The molecule has 0 unspecified atom stereocenters. The zero-order valence-corrected chi connectivity index (χ0v) is 11.8. The van der Waals surface area contributed by atoms with Crippen LogP contribution in [0.2, 0.25) is 0 Å². The van der Waals surface area contributed by atoms with Gasteiger partial charge < -0.3 is 15.5 Å². The number of nitrogens with zero attached hydrogens (tertiary/aromatic N) is 2. The molecule has 3 N–H and O–H groups in total. The molecule has 0 saturated heterocycles. The lowest BCUT2D eigenvalue weighted by Crippen LogP contribution is -2.40. The fourth-order valence-corrected chi connectivity index (χ4v) is 1.96. The number of amides is 1. The van der Waals surface area contributed by atoms with Gasteiger partial charge in [0.1, 0.15) is 5.65 Å². The van der Waals surface area contributed by atoms with E-state index >= 15 is 0 Å². The zero-order chi connectivity index (χ0) is 15.6. The Hall–Kier alpha value is -2.41. The first-order valence-corrected chi connectivity index (χ1v) is 6.61. The van der Waals surface area contributed by atoms with Crippen LogP contribution in [0.3, 0.4) is 0 Å². The van der Waals surface area contributed by atoms with Crippen LogP contribution in [0, 0.1) is 6.92 Å². The number of nitrogens with one attached hydrogen (secondary N) is 1. The van der Waals surface area contributed by atoms with Gasteiger partial charge in [-0.1, -0.05) is 6.92 Å². The van der Waals surface area contributed by atoms with E-state index in [4.69, 9.17) is 5.11 Å². The van der Waals surface area contributed by atoms with Crippen molar-refractivity contribution in [3.05, 3.63) is 39.8 Å². The minimum absolute atomic E-state index is 0.245. The second kappa shape index (κ2) is 5.92. The Morgan fingerprint density at radius 1 is 1.52 bits per heavy atom. The van der Waals surface area contributed by atoms with Crippen molar-refractivity contribution in [1.29, 1.82) is 0 Å². The van der Waals surface area contributed by atoms with E-state index in [1.165, 1.54) is 10.6 Å². The van der Waals surface area contributed by atoms with Crippen LogP contribution in [0.15, 0.2) is 23.1 Å². The Morgan fingerprint density at radius 2 is 2.24 bits per heavy atom. The first-order valence-electron chi connectivity index (χ1n) is 6.61. The van der Waals surface area contributed by atoms with Crippen LogP contribution in [0.1, 0.15) is 29.3 Å². The molecule has 0 saturated carbocycles. The van der Waals surface area contributed by atoms with Gasteiger partial charge in [-0.15, -0.1) is 0 Å². The summed E-state index contributed by atoms with van der Waals surface area (Å²) in [6.07, 6.45) is 2.00. The van der Waals surface area contributed by atoms with Crippen LogP contribution in [-0.4, -0.2) is 38.2 Å². The molecule has 0 spiro atoms. The molecular formula is C14H17N3O4. The molecule has 0 bridgehead atoms. The van der Waals surface area contributed by atoms with Crippen LogP contribution in [-0.2, 0) is 0 Å². The van der Waals surface area contributed by atoms with Crippen LogP contribution in [0.5, 0.6) is 5.88 Å². The van der Waals surface area contributed by atoms with Crippen molar-refractivity contribution in [1.82, 2.24) is 14.7 Å². The maximum atomic E-state index is 12.3. The number of aromatic hydroxyl groups is 1. The third kappa shape index (κ3) is 2.87. The summed E-state index contributed by atoms with van der Waals surface area (Å²) in [4.78, 5) is 28.3. The van der Waals surface area contributed by atoms with E-state index in [2.05, 4.69) is 10.3 Å². The van der Waals surface area contributed by atoms with E-state index in [0.717, 1.165) is 5.56 Å². The Kier molecular flexibility index (Phi) is 4.23. The Morgan fingerprint density at radius 3 is 2.86 bits per heavy atom. The van der Waals surface area contributed by atoms with Crippen LogP contribution in [0.25, 0.3) is 5.65 Å². The summed E-state index contributed by atoms with van der Waals surface area (Å²) in [5, 5.41) is 21.4. The molecule has 0 radical (unpaired) electrons. The second-order valence-corrected chi connectivity index (χ2v) is 4.81. The van der Waals surface area contributed by atoms with Gasteiger partial charge in [-0.25, -0.2) is 0 Å². The molecule has 0 aliphatic heterocycles. The van der Waals surface area contributed by atoms with Crippen molar-refractivity contribution >= 4 is 11.6 Å². The number of aliphatic hydroxyl groups excluding tert-OH is 1. The topological polar surface area (TPSA) is 104 Å². The average molecular weight is 291 g/mol. The second-order valence-electron chi connectivity index (χ2n) is 4.81. The van der Waals surface area contributed by atoms with Crippen LogP contribution >= 0.6 is 0 Å². The third-order valence-corrected chi connectivity index (χ3v) is 3.24. The molecular weight excluding hydrogens is 274 g/mol. The number of fused-ring (bicyclic) bond motifs is 1. The Labute approximate surface area is 120 Å². The fraction of sp³-hybridized carbons (Fsp3) is 0.357. The molecule has 2 aromatic rings. The molecule has 0 fully saturated rings. The lowest BCUT2D eigenvalue weighted by atomic mass is 10.2. The number of aromatic nitrogens is 2. The van der Waals surface area contributed by atoms with Crippen molar-refractivity contribution in [3.8, 4) is 5.88 Å². The van der Waals surface area contributed by atoms with E-state index in [-0.39, 0.29) is 12.3 Å². The minimum atomic E-state index is -0.749. The molecule has 2 rings (SSSR count). The highest BCUT2D eigenvalue weighted by molar-refractivity contribution is 5.96. The summed E-state index contributed by atoms with van der Waals surface area (Å²) >= 11 is 0. The Bertz CT molecular complexity index is 735. The van der Waals surface area contributed by atoms with Gasteiger partial charge >= 0.3 is 0 Å². The highest BCUT2D eigenvalue weighted by Crippen LogP contribution is 2.12. The molecule has 2 aromatic heterocycles. The van der Waals surface area contributed by atoms with Crippen molar-refractivity contribution in [3.63, 3.8) is 0 Å². The summed E-state index contributed by atoms with van der Waals surface area (Å²) in [6.45, 7) is 3.37. The molecule has 7 heteroatoms. The fourth-order valence-electron chi connectivity index (χ4n) is 1.96. The monoisotopic (exact) mass is 291 g/mol. The van der Waals surface area contributed by atoms with Gasteiger partial charge in [0.25, 0.3) is 11.5 Å². The maximum Gasteiger partial charge on any atom is 0.274 e. The van der Waals surface area contributed by atoms with E-state index in [9.17, 15) is 14.7 Å². The smallest absolute Gasteiger partial charge is 0.274 e. The molecule has 21 heavy (non-hydrogen) atoms. The number of aryl methyl sites for hydroxylation is 1. The summed E-state index contributed by atoms with van der Waals surface area (Å²) in [5.41, 5.74) is 0.0686. The van der Waals surface area contributed by atoms with Crippen LogP contribution in [0.4, 0.5) is 0 Å². The molecule has 2 heterocycles. The largest absolute Gasteiger partial charge is 0.493 e. The van der Waals surface area contributed by atoms with Crippen LogP contribution < -0.4 is 10.9 Å². The molecule has 7 nitrogen and oxygen atoms in total. The summed E-state index contributed by atoms with van der Waals surface area (Å²) in [7, 11) is 0. The number of hydrogen-bond acceptors (Lipinski definition) is 5. The quantitative estimate of drug-likeness (QED) is 0.747. The van der Waals surface area contributed by atoms with Gasteiger partial charge in [0.05, 0.1) is 12.6 Å². The third-order valence-electron chi connectivity index (χ3n) is 3.24. The number of carbonyl (C=O) groups excluding carboxylic acids is 1. The van der Waals surface area contributed by atoms with Crippen molar-refractivity contribution in [2.24, 2.45) is 0 Å². The zero-order valence-electron chi connectivity index (χ0n) is 11.8. The van der Waals surface area contributed by atoms with Gasteiger partial charge in [-0.2, -0.15) is 4.98 Å². The standard InChI is InChI=1S/C14H17N3O4/c1-3-9(7-18)15-12(19)11-13(20)16-10-6-8(2)4-5-17(10)14(11)21/h4-6,9,18,20H,3,7H2,1-2H3,(H,15,19)/t9-/m1/s1. The van der Waals surface area contributed by atoms with Crippen molar-refractivity contribution in [2.45, 2.75) is 26.3 Å². The SMILES string of the molecule is CC[C@H](CO)NC(=O)c1c(O)nc2cc(C)ccn2c1=O. The highest BCUT2D eigenvalue weighted by atomic mass is 16.3. The summed E-state index contributed by atoms with van der Waals surface area (Å²) in [6, 6.07) is 2.86. The van der Waals surface area contributed by atoms with Crippen molar-refractivity contribution in [2.75, 3.05) is 6.61 Å². The highest BCUT2D eigenvalue weighted by Gasteiger charge is 2.21. The lowest BCUT2D eigenvalue weighted by Gasteiger charge is -2.14. The molecule has 0 aliphatic carbocycles. The van der Waals surface area contributed by atoms with E-state index in [0.29, 0.717) is 6.42 Å². The molecule has 1 atom stereocenters. The molecule has 112 valence electrons. The van der Waals surface area contributed by atoms with E-state index in [1.54, 1.807) is 19.1 Å². The minimum Gasteiger partial charge on any atom is -0.493 e. The normalized spacial score (nSPS) is 12.3. The predicted molar refractivity (Wildman–Crippen MR) is 76.5 cm³/mol. The summed E-state index contributed by atoms with van der Waals surface area (Å²) < 4.78 is 1.20. The molecule has 0 aromatic carbocycles. The molecule has 1 amide bonds. The Balaban J connectivity index is 2.52. The van der Waals surface area contributed by atoms with Gasteiger partial charge in [0, 0.05) is 6.20 Å². The number of carbonyl (C=O) groups is 1. The first kappa shape index (κ1) is 15.0. The number of rotatable bonds is 4. The predicted octanol–water partition coefficient (Wildman–Crippen LogP) is 0.209. The van der Waals surface area contributed by atoms with E-state index < -0.39 is 29.0 Å². The summed E-state index contributed by atoms with van der Waals surface area (Å²) in [5.74, 6) is -1.36. The van der Waals surface area contributed by atoms with Gasteiger partial charge in [0.15, 0.2) is 5.56 Å². The maximum absolute atomic E-state index is 12.3. The van der Waals surface area contributed by atoms with Gasteiger partial charge in [-0.05, 0) is 31.0 Å². The van der Waals surface area contributed by atoms with E-state index in [1.807, 2.05) is 6.92 Å². The van der Waals surface area contributed by atoms with Gasteiger partial charge in [-0.3, -0.25) is 14.0 Å². The number of aliphatic hydroxyl groups is 1. The lowest BCUT2D eigenvalue weighted by molar-refractivity contribution is 0.0909. The number of pyridine rings is 1.